The normalized spacial score (nSPS) is 10.7. The molecule has 1 aromatic rings. The highest BCUT2D eigenvalue weighted by molar-refractivity contribution is 9.10. The molecule has 90 valence electrons. The summed E-state index contributed by atoms with van der Waals surface area (Å²) in [5, 5.41) is 20.9. The zero-order valence-electron chi connectivity index (χ0n) is 9.62. The third-order valence-electron chi connectivity index (χ3n) is 2.40. The van der Waals surface area contributed by atoms with Crippen LogP contribution in [0, 0.1) is 16.7 Å². The van der Waals surface area contributed by atoms with E-state index in [4.69, 9.17) is 10.4 Å². The highest BCUT2D eigenvalue weighted by atomic mass is 79.9. The number of nitrogens with one attached hydrogen (secondary N) is 1. The molecule has 0 atom stereocenters. The van der Waals surface area contributed by atoms with Gasteiger partial charge in [0.1, 0.15) is 6.07 Å². The highest BCUT2D eigenvalue weighted by Crippen LogP contribution is 2.23. The summed E-state index contributed by atoms with van der Waals surface area (Å²) in [4.78, 5) is 10.9. The van der Waals surface area contributed by atoms with Crippen LogP contribution in [0.3, 0.4) is 0 Å². The summed E-state index contributed by atoms with van der Waals surface area (Å²) in [5.41, 5.74) is 0.250. The first-order valence-corrected chi connectivity index (χ1v) is 5.83. The molecule has 0 saturated carbocycles. The third kappa shape index (κ3) is 3.46. The number of hydrogen-bond donors (Lipinski definition) is 2. The first-order valence-electron chi connectivity index (χ1n) is 5.04. The van der Waals surface area contributed by atoms with Gasteiger partial charge < -0.3 is 10.4 Å². The molecule has 0 unspecified atom stereocenters. The molecule has 0 fully saturated rings. The van der Waals surface area contributed by atoms with Crippen LogP contribution in [0.1, 0.15) is 19.4 Å². The van der Waals surface area contributed by atoms with Gasteiger partial charge >= 0.3 is 5.97 Å². The van der Waals surface area contributed by atoms with E-state index in [1.165, 1.54) is 0 Å². The molecule has 0 aliphatic rings. The Labute approximate surface area is 108 Å². The molecule has 0 aliphatic carbocycles. The van der Waals surface area contributed by atoms with Crippen LogP contribution >= 0.6 is 15.9 Å². The number of halogens is 1. The average Bonchev–Trinajstić information content (AvgIpc) is 2.26. The number of carboxylic acid groups (broad SMARTS) is 1. The third-order valence-corrected chi connectivity index (χ3v) is 2.90. The Morgan fingerprint density at radius 3 is 2.76 bits per heavy atom. The highest BCUT2D eigenvalue weighted by Gasteiger charge is 2.26. The van der Waals surface area contributed by atoms with Crippen molar-refractivity contribution in [3.63, 3.8) is 0 Å². The molecule has 2 N–H and O–H groups in total. The number of benzene rings is 1. The first kappa shape index (κ1) is 13.5. The van der Waals surface area contributed by atoms with Crippen molar-refractivity contribution in [1.82, 2.24) is 0 Å². The fourth-order valence-corrected chi connectivity index (χ4v) is 1.51. The Balaban J connectivity index is 2.86. The minimum Gasteiger partial charge on any atom is -0.481 e. The van der Waals surface area contributed by atoms with Crippen molar-refractivity contribution in [2.45, 2.75) is 13.8 Å². The zero-order chi connectivity index (χ0) is 13.1. The van der Waals surface area contributed by atoms with Crippen LogP contribution in [0.25, 0.3) is 0 Å². The van der Waals surface area contributed by atoms with Crippen molar-refractivity contribution in [3.8, 4) is 6.07 Å². The van der Waals surface area contributed by atoms with Crippen molar-refractivity contribution in [1.29, 1.82) is 5.26 Å². The summed E-state index contributed by atoms with van der Waals surface area (Å²) in [6.45, 7) is 3.52. The van der Waals surface area contributed by atoms with Gasteiger partial charge in [-0.1, -0.05) is 15.9 Å². The molecule has 17 heavy (non-hydrogen) atoms. The summed E-state index contributed by atoms with van der Waals surface area (Å²) in [7, 11) is 0. The van der Waals surface area contributed by atoms with Crippen LogP contribution in [-0.2, 0) is 4.79 Å². The Morgan fingerprint density at radius 1 is 1.59 bits per heavy atom. The van der Waals surface area contributed by atoms with E-state index in [1.54, 1.807) is 32.0 Å². The smallest absolute Gasteiger partial charge is 0.310 e. The maximum Gasteiger partial charge on any atom is 0.310 e. The Bertz CT molecular complexity index is 478. The zero-order valence-corrected chi connectivity index (χ0v) is 11.2. The molecule has 0 spiro atoms. The van der Waals surface area contributed by atoms with Crippen LogP contribution in [-0.4, -0.2) is 17.6 Å². The number of nitrogens with zero attached hydrogens (tertiary/aromatic N) is 1. The standard InChI is InChI=1S/C12H13BrN2O2/c1-12(2,11(16)17)7-15-10-5-9(13)4-3-8(10)6-14/h3-5,15H,7H2,1-2H3,(H,16,17). The number of aliphatic carboxylic acids is 1. The molecule has 4 nitrogen and oxygen atoms in total. The van der Waals surface area contributed by atoms with Crippen molar-refractivity contribution >= 4 is 27.6 Å². The molecular weight excluding hydrogens is 284 g/mol. The van der Waals surface area contributed by atoms with E-state index in [2.05, 4.69) is 27.3 Å². The summed E-state index contributed by atoms with van der Waals surface area (Å²) < 4.78 is 0.840. The molecule has 0 radical (unpaired) electrons. The van der Waals surface area contributed by atoms with Gasteiger partial charge in [0.15, 0.2) is 0 Å². The van der Waals surface area contributed by atoms with E-state index in [-0.39, 0.29) is 6.54 Å². The predicted molar refractivity (Wildman–Crippen MR) is 68.8 cm³/mol. The summed E-state index contributed by atoms with van der Waals surface area (Å²) in [6, 6.07) is 7.27. The predicted octanol–water partition coefficient (Wildman–Crippen LogP) is 2.84. The summed E-state index contributed by atoms with van der Waals surface area (Å²) in [6.07, 6.45) is 0. The molecule has 0 saturated heterocycles. The maximum absolute atomic E-state index is 10.9. The Kier molecular flexibility index (Phi) is 4.13. The van der Waals surface area contributed by atoms with Crippen LogP contribution < -0.4 is 5.32 Å². The van der Waals surface area contributed by atoms with Gasteiger partial charge in [-0.25, -0.2) is 0 Å². The van der Waals surface area contributed by atoms with E-state index in [0.29, 0.717) is 11.3 Å². The maximum atomic E-state index is 10.9. The van der Waals surface area contributed by atoms with Gasteiger partial charge in [-0.3, -0.25) is 4.79 Å². The Hall–Kier alpha value is -1.54. The number of nitriles is 1. The molecular formula is C12H13BrN2O2. The number of carboxylic acids is 1. The van der Waals surface area contributed by atoms with Gasteiger partial charge in [-0.2, -0.15) is 5.26 Å². The fourth-order valence-electron chi connectivity index (χ4n) is 1.15. The Morgan fingerprint density at radius 2 is 2.24 bits per heavy atom. The van der Waals surface area contributed by atoms with Crippen LogP contribution in [0.5, 0.6) is 0 Å². The van der Waals surface area contributed by atoms with Gasteiger partial charge in [-0.05, 0) is 32.0 Å². The van der Waals surface area contributed by atoms with Gasteiger partial charge in [-0.15, -0.1) is 0 Å². The lowest BCUT2D eigenvalue weighted by atomic mass is 9.93. The van der Waals surface area contributed by atoms with Crippen LogP contribution in [0.2, 0.25) is 0 Å². The fraction of sp³-hybridized carbons (Fsp3) is 0.333. The van der Waals surface area contributed by atoms with E-state index in [9.17, 15) is 4.79 Å². The minimum absolute atomic E-state index is 0.257. The van der Waals surface area contributed by atoms with E-state index in [0.717, 1.165) is 4.47 Å². The average molecular weight is 297 g/mol. The van der Waals surface area contributed by atoms with Gasteiger partial charge in [0.25, 0.3) is 0 Å². The van der Waals surface area contributed by atoms with Crippen molar-refractivity contribution in [2.75, 3.05) is 11.9 Å². The number of carbonyl (C=O) groups is 1. The lowest BCUT2D eigenvalue weighted by Gasteiger charge is -2.20. The van der Waals surface area contributed by atoms with Crippen molar-refractivity contribution < 1.29 is 9.90 Å². The van der Waals surface area contributed by atoms with Gasteiger partial charge in [0.2, 0.25) is 0 Å². The van der Waals surface area contributed by atoms with E-state index >= 15 is 0 Å². The molecule has 1 rings (SSSR count). The molecule has 5 heteroatoms. The molecule has 0 aliphatic heterocycles. The second-order valence-corrected chi connectivity index (χ2v) is 5.26. The summed E-state index contributed by atoms with van der Waals surface area (Å²) in [5.74, 6) is -0.876. The number of anilines is 1. The van der Waals surface area contributed by atoms with Gasteiger partial charge in [0, 0.05) is 11.0 Å². The number of hydrogen-bond acceptors (Lipinski definition) is 3. The van der Waals surface area contributed by atoms with Crippen molar-refractivity contribution in [3.05, 3.63) is 28.2 Å². The van der Waals surface area contributed by atoms with E-state index < -0.39 is 11.4 Å². The van der Waals surface area contributed by atoms with Crippen LogP contribution in [0.4, 0.5) is 5.69 Å². The molecule has 0 amide bonds. The molecule has 0 heterocycles. The first-order chi connectivity index (χ1) is 7.86. The molecule has 1 aromatic carbocycles. The lowest BCUT2D eigenvalue weighted by molar-refractivity contribution is -0.146. The SMILES string of the molecule is CC(C)(CNc1cc(Br)ccc1C#N)C(=O)O. The number of rotatable bonds is 4. The minimum atomic E-state index is -0.880. The largest absolute Gasteiger partial charge is 0.481 e. The van der Waals surface area contributed by atoms with Gasteiger partial charge in [0.05, 0.1) is 16.7 Å². The van der Waals surface area contributed by atoms with E-state index in [1.807, 2.05) is 0 Å². The topological polar surface area (TPSA) is 73.1 Å². The quantitative estimate of drug-likeness (QED) is 0.896. The molecule has 0 aromatic heterocycles. The second kappa shape index (κ2) is 5.19. The monoisotopic (exact) mass is 296 g/mol. The summed E-state index contributed by atoms with van der Waals surface area (Å²) >= 11 is 3.31. The lowest BCUT2D eigenvalue weighted by Crippen LogP contribution is -2.31. The van der Waals surface area contributed by atoms with Crippen molar-refractivity contribution in [2.24, 2.45) is 5.41 Å². The molecule has 0 bridgehead atoms. The second-order valence-electron chi connectivity index (χ2n) is 4.34. The van der Waals surface area contributed by atoms with Crippen LogP contribution in [0.15, 0.2) is 22.7 Å².